The number of nitrogens with zero attached hydrogens (tertiary/aromatic N) is 3. The van der Waals surface area contributed by atoms with E-state index in [1.54, 1.807) is 16.4 Å². The van der Waals surface area contributed by atoms with Crippen molar-refractivity contribution in [2.24, 2.45) is 0 Å². The lowest BCUT2D eigenvalue weighted by Gasteiger charge is -2.29. The maximum Gasteiger partial charge on any atom is 0.255 e. The van der Waals surface area contributed by atoms with Crippen LogP contribution in [0.5, 0.6) is 5.75 Å². The monoisotopic (exact) mass is 463 g/mol. The van der Waals surface area contributed by atoms with Gasteiger partial charge in [-0.15, -0.1) is 5.10 Å². The number of rotatable bonds is 7. The molecule has 33 heavy (non-hydrogen) atoms. The Hall–Kier alpha value is -3.26. The first-order valence-electron chi connectivity index (χ1n) is 11.1. The number of allylic oxidation sites excluding steroid dienone is 1. The lowest BCUT2D eigenvalue weighted by molar-refractivity contribution is -0.113. The van der Waals surface area contributed by atoms with Gasteiger partial charge in [-0.25, -0.2) is 4.68 Å². The molecule has 2 N–H and O–H groups in total. The Bertz CT molecular complexity index is 1220. The lowest BCUT2D eigenvalue weighted by atomic mass is 9.94. The molecule has 0 fully saturated rings. The van der Waals surface area contributed by atoms with Crippen molar-refractivity contribution < 1.29 is 9.53 Å². The zero-order chi connectivity index (χ0) is 23.5. The predicted octanol–water partition coefficient (Wildman–Crippen LogP) is 5.33. The van der Waals surface area contributed by atoms with Crippen LogP contribution in [0, 0.1) is 13.8 Å². The van der Waals surface area contributed by atoms with Gasteiger partial charge in [-0.05, 0) is 68.3 Å². The van der Waals surface area contributed by atoms with E-state index in [1.807, 2.05) is 70.2 Å². The van der Waals surface area contributed by atoms with Gasteiger partial charge in [0.15, 0.2) is 0 Å². The Morgan fingerprint density at radius 1 is 1.18 bits per heavy atom. The molecule has 8 heteroatoms. The molecular weight excluding hydrogens is 434 g/mol. The molecule has 0 radical (unpaired) electrons. The Morgan fingerprint density at radius 3 is 2.73 bits per heavy atom. The van der Waals surface area contributed by atoms with Crippen molar-refractivity contribution in [2.75, 3.05) is 23.0 Å². The summed E-state index contributed by atoms with van der Waals surface area (Å²) in [7, 11) is 0. The summed E-state index contributed by atoms with van der Waals surface area (Å²) in [5.41, 5.74) is 5.22. The van der Waals surface area contributed by atoms with E-state index in [2.05, 4.69) is 22.5 Å². The SMILES string of the molecule is CCOc1cccc(C2C(C(=O)Nc3cccc(C)c3C)=C(C)Nc3nc(SCC)nn32)c1. The highest BCUT2D eigenvalue weighted by atomic mass is 32.2. The quantitative estimate of drug-likeness (QED) is 0.461. The highest BCUT2D eigenvalue weighted by Crippen LogP contribution is 2.38. The number of aromatic nitrogens is 3. The molecule has 0 bridgehead atoms. The van der Waals surface area contributed by atoms with Gasteiger partial charge in [-0.1, -0.05) is 43.0 Å². The molecule has 1 aliphatic heterocycles. The first kappa shape index (κ1) is 22.9. The number of carbonyl (C=O) groups is 1. The number of aryl methyl sites for hydroxylation is 1. The van der Waals surface area contributed by atoms with Gasteiger partial charge < -0.3 is 15.4 Å². The van der Waals surface area contributed by atoms with Crippen LogP contribution in [0.1, 0.15) is 43.5 Å². The molecule has 7 nitrogen and oxygen atoms in total. The van der Waals surface area contributed by atoms with Crippen LogP contribution >= 0.6 is 11.8 Å². The van der Waals surface area contributed by atoms with Crippen LogP contribution in [-0.2, 0) is 4.79 Å². The van der Waals surface area contributed by atoms with Gasteiger partial charge in [0.05, 0.1) is 12.2 Å². The molecule has 1 aliphatic rings. The summed E-state index contributed by atoms with van der Waals surface area (Å²) in [6, 6.07) is 13.3. The molecule has 3 aromatic rings. The molecule has 1 aromatic heterocycles. The summed E-state index contributed by atoms with van der Waals surface area (Å²) >= 11 is 1.57. The van der Waals surface area contributed by atoms with Crippen LogP contribution in [-0.4, -0.2) is 33.0 Å². The maximum absolute atomic E-state index is 13.7. The molecule has 2 heterocycles. The molecule has 0 aliphatic carbocycles. The summed E-state index contributed by atoms with van der Waals surface area (Å²) in [4.78, 5) is 18.3. The third kappa shape index (κ3) is 4.61. The first-order valence-corrected chi connectivity index (χ1v) is 12.1. The second-order valence-electron chi connectivity index (χ2n) is 7.87. The van der Waals surface area contributed by atoms with Gasteiger partial charge in [-0.3, -0.25) is 4.79 Å². The summed E-state index contributed by atoms with van der Waals surface area (Å²) in [6.07, 6.45) is 0. The van der Waals surface area contributed by atoms with E-state index in [0.29, 0.717) is 23.3 Å². The smallest absolute Gasteiger partial charge is 0.255 e. The van der Waals surface area contributed by atoms with Gasteiger partial charge >= 0.3 is 0 Å². The number of carbonyl (C=O) groups excluding carboxylic acids is 1. The Kier molecular flexibility index (Phi) is 6.74. The van der Waals surface area contributed by atoms with E-state index in [4.69, 9.17) is 9.84 Å². The summed E-state index contributed by atoms with van der Waals surface area (Å²) in [5.74, 6) is 2.07. The van der Waals surface area contributed by atoms with Gasteiger partial charge in [-0.2, -0.15) is 4.98 Å². The van der Waals surface area contributed by atoms with Crippen molar-refractivity contribution >= 4 is 29.3 Å². The van der Waals surface area contributed by atoms with Crippen molar-refractivity contribution in [3.8, 4) is 5.75 Å². The number of thioether (sulfide) groups is 1. The van der Waals surface area contributed by atoms with Crippen LogP contribution in [0.3, 0.4) is 0 Å². The molecule has 2 aromatic carbocycles. The Labute approximate surface area is 198 Å². The van der Waals surface area contributed by atoms with Gasteiger partial charge in [0, 0.05) is 11.4 Å². The summed E-state index contributed by atoms with van der Waals surface area (Å²) in [5, 5.41) is 11.8. The zero-order valence-electron chi connectivity index (χ0n) is 19.6. The largest absolute Gasteiger partial charge is 0.494 e. The first-order chi connectivity index (χ1) is 15.9. The fourth-order valence-electron chi connectivity index (χ4n) is 3.94. The zero-order valence-corrected chi connectivity index (χ0v) is 20.4. The number of hydrogen-bond donors (Lipinski definition) is 2. The fraction of sp³-hybridized carbons (Fsp3) is 0.320. The van der Waals surface area contributed by atoms with Crippen LogP contribution < -0.4 is 15.4 Å². The van der Waals surface area contributed by atoms with Crippen LogP contribution in [0.2, 0.25) is 0 Å². The average Bonchev–Trinajstić information content (AvgIpc) is 3.18. The normalized spacial score (nSPS) is 15.1. The van der Waals surface area contributed by atoms with Crippen molar-refractivity contribution in [1.82, 2.24) is 14.8 Å². The number of fused-ring (bicyclic) bond motifs is 1. The van der Waals surface area contributed by atoms with Crippen LogP contribution in [0.15, 0.2) is 58.9 Å². The third-order valence-corrected chi connectivity index (χ3v) is 6.41. The molecule has 0 saturated heterocycles. The molecule has 1 atom stereocenters. The van der Waals surface area contributed by atoms with E-state index in [1.165, 1.54) is 0 Å². The minimum Gasteiger partial charge on any atom is -0.494 e. The second-order valence-corrected chi connectivity index (χ2v) is 9.10. The van der Waals surface area contributed by atoms with Gasteiger partial charge in [0.1, 0.15) is 11.8 Å². The van der Waals surface area contributed by atoms with Crippen molar-refractivity contribution in [2.45, 2.75) is 45.8 Å². The van der Waals surface area contributed by atoms with E-state index in [0.717, 1.165) is 39.6 Å². The summed E-state index contributed by atoms with van der Waals surface area (Å²) < 4.78 is 7.53. The molecule has 0 saturated carbocycles. The highest BCUT2D eigenvalue weighted by Gasteiger charge is 2.34. The van der Waals surface area contributed by atoms with E-state index in [9.17, 15) is 4.79 Å². The minimum absolute atomic E-state index is 0.175. The molecule has 1 unspecified atom stereocenters. The molecule has 1 amide bonds. The number of benzene rings is 2. The standard InChI is InChI=1S/C25H29N5O2S/c1-6-32-19-12-9-11-18(14-19)22-21(23(31)27-20-13-8-10-15(3)16(20)4)17(5)26-24-28-25(33-7-2)29-30(22)24/h8-14,22H,6-7H2,1-5H3,(H,27,31)(H,26,28,29). The number of nitrogens with one attached hydrogen (secondary N) is 2. The van der Waals surface area contributed by atoms with Gasteiger partial charge in [0.25, 0.3) is 5.91 Å². The Balaban J connectivity index is 1.79. The van der Waals surface area contributed by atoms with E-state index >= 15 is 0 Å². The van der Waals surface area contributed by atoms with Crippen molar-refractivity contribution in [3.63, 3.8) is 0 Å². The summed E-state index contributed by atoms with van der Waals surface area (Å²) in [6.45, 7) is 10.5. The van der Waals surface area contributed by atoms with Crippen LogP contribution in [0.4, 0.5) is 11.6 Å². The minimum atomic E-state index is -0.439. The molecular formula is C25H29N5O2S. The number of hydrogen-bond acceptors (Lipinski definition) is 6. The fourth-order valence-corrected chi connectivity index (χ4v) is 4.50. The lowest BCUT2D eigenvalue weighted by Crippen LogP contribution is -2.31. The van der Waals surface area contributed by atoms with E-state index in [-0.39, 0.29) is 5.91 Å². The predicted molar refractivity (Wildman–Crippen MR) is 133 cm³/mol. The average molecular weight is 464 g/mol. The third-order valence-electron chi connectivity index (χ3n) is 5.69. The number of amides is 1. The number of ether oxygens (including phenoxy) is 1. The number of anilines is 2. The van der Waals surface area contributed by atoms with Crippen molar-refractivity contribution in [1.29, 1.82) is 0 Å². The molecule has 172 valence electrons. The Morgan fingerprint density at radius 2 is 1.97 bits per heavy atom. The van der Waals surface area contributed by atoms with E-state index < -0.39 is 6.04 Å². The second kappa shape index (κ2) is 9.70. The van der Waals surface area contributed by atoms with Crippen molar-refractivity contribution in [3.05, 3.63) is 70.4 Å². The van der Waals surface area contributed by atoms with Gasteiger partial charge in [0.2, 0.25) is 11.1 Å². The highest BCUT2D eigenvalue weighted by molar-refractivity contribution is 7.99. The van der Waals surface area contributed by atoms with Crippen LogP contribution in [0.25, 0.3) is 0 Å². The molecule has 0 spiro atoms. The maximum atomic E-state index is 13.7. The molecule has 4 rings (SSSR count). The topological polar surface area (TPSA) is 81.1 Å².